The van der Waals surface area contributed by atoms with Crippen LogP contribution < -0.4 is 0 Å². The van der Waals surface area contributed by atoms with Crippen molar-refractivity contribution in [2.45, 2.75) is 6.23 Å². The first-order valence-corrected chi connectivity index (χ1v) is 2.94. The molecule has 0 saturated carbocycles. The maximum Gasteiger partial charge on any atom is 0.191 e. The molecule has 1 rings (SSSR count). The van der Waals surface area contributed by atoms with Crippen molar-refractivity contribution in [3.63, 3.8) is 0 Å². The summed E-state index contributed by atoms with van der Waals surface area (Å²) in [6, 6.07) is 8.89. The Labute approximate surface area is 58.8 Å². The third-order valence-corrected chi connectivity index (χ3v) is 1.22. The van der Waals surface area contributed by atoms with Gasteiger partial charge in [-0.15, -0.1) is 0 Å². The Kier molecular flexibility index (Phi) is 2.12. The predicted octanol–water partition coefficient (Wildman–Crippen LogP) is 1.71. The molecule has 0 aromatic heterocycles. The van der Waals surface area contributed by atoms with E-state index in [1.165, 1.54) is 0 Å². The highest BCUT2D eigenvalue weighted by atomic mass is 16.3. The molecule has 2 N–H and O–H groups in total. The van der Waals surface area contributed by atoms with Gasteiger partial charge in [-0.25, -0.2) is 5.53 Å². The Morgan fingerprint density at radius 3 is 2.40 bits per heavy atom. The smallest absolute Gasteiger partial charge is 0.191 e. The van der Waals surface area contributed by atoms with Gasteiger partial charge in [0, 0.05) is 5.56 Å². The van der Waals surface area contributed by atoms with Crippen LogP contribution in [-0.4, -0.2) is 5.11 Å². The predicted molar refractivity (Wildman–Crippen MR) is 36.5 cm³/mol. The lowest BCUT2D eigenvalue weighted by Crippen LogP contribution is -1.89. The quantitative estimate of drug-likeness (QED) is 0.597. The van der Waals surface area contributed by atoms with Crippen LogP contribution in [0.3, 0.4) is 0 Å². The molecule has 0 heterocycles. The van der Waals surface area contributed by atoms with Crippen LogP contribution in [0.2, 0.25) is 0 Å². The molecule has 0 aliphatic heterocycles. The Bertz CT molecular complexity index is 210. The van der Waals surface area contributed by atoms with Gasteiger partial charge in [-0.1, -0.05) is 30.3 Å². The third-order valence-electron chi connectivity index (χ3n) is 1.22. The highest BCUT2D eigenvalue weighted by Crippen LogP contribution is 2.11. The van der Waals surface area contributed by atoms with Crippen LogP contribution in [-0.2, 0) is 0 Å². The van der Waals surface area contributed by atoms with E-state index in [9.17, 15) is 0 Å². The molecule has 10 heavy (non-hydrogen) atoms. The molecule has 0 aliphatic rings. The van der Waals surface area contributed by atoms with E-state index in [0.29, 0.717) is 5.56 Å². The molecule has 0 amide bonds. The van der Waals surface area contributed by atoms with Crippen molar-refractivity contribution < 1.29 is 5.11 Å². The molecule has 0 radical (unpaired) electrons. The van der Waals surface area contributed by atoms with E-state index in [-0.39, 0.29) is 0 Å². The van der Waals surface area contributed by atoms with Crippen molar-refractivity contribution in [1.82, 2.24) is 0 Å². The SMILES string of the molecule is N=NC(O)c1ccccc1. The highest BCUT2D eigenvalue weighted by Gasteiger charge is 2.00. The van der Waals surface area contributed by atoms with Gasteiger partial charge in [-0.3, -0.25) is 0 Å². The molecular formula is C7H8N2O. The minimum Gasteiger partial charge on any atom is -0.367 e. The van der Waals surface area contributed by atoms with Gasteiger partial charge < -0.3 is 5.11 Å². The molecule has 0 spiro atoms. The van der Waals surface area contributed by atoms with Crippen molar-refractivity contribution in [2.24, 2.45) is 5.11 Å². The number of nitrogens with one attached hydrogen (secondary N) is 1. The Hall–Kier alpha value is -1.22. The second-order valence-electron chi connectivity index (χ2n) is 1.91. The summed E-state index contributed by atoms with van der Waals surface area (Å²) in [5.74, 6) is 0. The van der Waals surface area contributed by atoms with Crippen molar-refractivity contribution in [3.8, 4) is 0 Å². The maximum atomic E-state index is 8.98. The minimum atomic E-state index is -0.999. The second-order valence-corrected chi connectivity index (χ2v) is 1.91. The number of hydrogen-bond donors (Lipinski definition) is 2. The Morgan fingerprint density at radius 1 is 1.30 bits per heavy atom. The van der Waals surface area contributed by atoms with Crippen LogP contribution >= 0.6 is 0 Å². The summed E-state index contributed by atoms with van der Waals surface area (Å²) in [5, 5.41) is 11.9. The molecular weight excluding hydrogens is 128 g/mol. The zero-order valence-electron chi connectivity index (χ0n) is 5.36. The van der Waals surface area contributed by atoms with E-state index in [1.807, 2.05) is 6.07 Å². The lowest BCUT2D eigenvalue weighted by atomic mass is 10.2. The molecule has 52 valence electrons. The summed E-state index contributed by atoms with van der Waals surface area (Å²) in [6.45, 7) is 0. The number of rotatable bonds is 2. The minimum absolute atomic E-state index is 0.650. The van der Waals surface area contributed by atoms with Gasteiger partial charge in [0.1, 0.15) is 0 Å². The van der Waals surface area contributed by atoms with E-state index in [2.05, 4.69) is 5.11 Å². The molecule has 1 unspecified atom stereocenters. The van der Waals surface area contributed by atoms with Gasteiger partial charge in [0.25, 0.3) is 0 Å². The van der Waals surface area contributed by atoms with Crippen LogP contribution in [0.25, 0.3) is 0 Å². The fraction of sp³-hybridized carbons (Fsp3) is 0.143. The van der Waals surface area contributed by atoms with Crippen LogP contribution in [0.15, 0.2) is 35.4 Å². The average molecular weight is 136 g/mol. The fourth-order valence-electron chi connectivity index (χ4n) is 0.700. The van der Waals surface area contributed by atoms with Gasteiger partial charge >= 0.3 is 0 Å². The van der Waals surface area contributed by atoms with E-state index < -0.39 is 6.23 Å². The first-order chi connectivity index (χ1) is 4.84. The molecule has 0 aliphatic carbocycles. The number of hydrogen-bond acceptors (Lipinski definition) is 3. The van der Waals surface area contributed by atoms with Crippen LogP contribution in [0, 0.1) is 5.53 Å². The van der Waals surface area contributed by atoms with Crippen LogP contribution in [0.1, 0.15) is 11.8 Å². The summed E-state index contributed by atoms with van der Waals surface area (Å²) >= 11 is 0. The van der Waals surface area contributed by atoms with E-state index >= 15 is 0 Å². The van der Waals surface area contributed by atoms with Gasteiger partial charge in [-0.2, -0.15) is 5.11 Å². The molecule has 1 aromatic carbocycles. The van der Waals surface area contributed by atoms with Gasteiger partial charge in [0.15, 0.2) is 6.23 Å². The van der Waals surface area contributed by atoms with Gasteiger partial charge in [0.05, 0.1) is 0 Å². The van der Waals surface area contributed by atoms with Gasteiger partial charge in [-0.05, 0) is 0 Å². The monoisotopic (exact) mass is 136 g/mol. The van der Waals surface area contributed by atoms with Crippen molar-refractivity contribution >= 4 is 0 Å². The Balaban J connectivity index is 2.84. The van der Waals surface area contributed by atoms with Crippen LogP contribution in [0.5, 0.6) is 0 Å². The van der Waals surface area contributed by atoms with E-state index in [1.54, 1.807) is 24.3 Å². The first kappa shape index (κ1) is 6.89. The molecule has 0 saturated heterocycles. The Morgan fingerprint density at radius 2 is 1.90 bits per heavy atom. The largest absolute Gasteiger partial charge is 0.367 e. The van der Waals surface area contributed by atoms with Crippen molar-refractivity contribution in [3.05, 3.63) is 35.9 Å². The van der Waals surface area contributed by atoms with Crippen molar-refractivity contribution in [2.75, 3.05) is 0 Å². The highest BCUT2D eigenvalue weighted by molar-refractivity contribution is 5.16. The molecule has 3 nitrogen and oxygen atoms in total. The number of aliphatic hydroxyl groups excluding tert-OH is 1. The number of nitrogens with zero attached hydrogens (tertiary/aromatic N) is 1. The standard InChI is InChI=1S/C7H8N2O/c8-9-7(10)6-4-2-1-3-5-6/h1-5,7-8,10H. The van der Waals surface area contributed by atoms with E-state index in [0.717, 1.165) is 0 Å². The fourth-order valence-corrected chi connectivity index (χ4v) is 0.700. The van der Waals surface area contributed by atoms with Crippen molar-refractivity contribution in [1.29, 1.82) is 5.53 Å². The average Bonchev–Trinajstić information content (AvgIpc) is 2.05. The lowest BCUT2D eigenvalue weighted by molar-refractivity contribution is 0.176. The number of aliphatic hydroxyl groups is 1. The summed E-state index contributed by atoms with van der Waals surface area (Å²) in [5.41, 5.74) is 7.17. The molecule has 0 fully saturated rings. The zero-order chi connectivity index (χ0) is 7.40. The van der Waals surface area contributed by atoms with Gasteiger partial charge in [0.2, 0.25) is 0 Å². The molecule has 1 aromatic rings. The first-order valence-electron chi connectivity index (χ1n) is 2.94. The third kappa shape index (κ3) is 1.39. The molecule has 0 bridgehead atoms. The normalized spacial score (nSPS) is 12.5. The summed E-state index contributed by atoms with van der Waals surface area (Å²) in [6.07, 6.45) is -0.999. The molecule has 1 atom stereocenters. The molecule has 3 heteroatoms. The summed E-state index contributed by atoms with van der Waals surface area (Å²) < 4.78 is 0. The summed E-state index contributed by atoms with van der Waals surface area (Å²) in [7, 11) is 0. The summed E-state index contributed by atoms with van der Waals surface area (Å²) in [4.78, 5) is 0. The van der Waals surface area contributed by atoms with Crippen LogP contribution in [0.4, 0.5) is 0 Å². The topological polar surface area (TPSA) is 56.4 Å². The zero-order valence-corrected chi connectivity index (χ0v) is 5.36. The van der Waals surface area contributed by atoms with E-state index in [4.69, 9.17) is 10.6 Å². The number of benzene rings is 1. The lowest BCUT2D eigenvalue weighted by Gasteiger charge is -2.00. The maximum absolute atomic E-state index is 8.98. The second kappa shape index (κ2) is 3.08.